The summed E-state index contributed by atoms with van der Waals surface area (Å²) in [6.07, 6.45) is 4.99. The fourth-order valence-electron chi connectivity index (χ4n) is 2.95. The van der Waals surface area contributed by atoms with E-state index in [2.05, 4.69) is 39.2 Å². The monoisotopic (exact) mass is 477 g/mol. The van der Waals surface area contributed by atoms with Crippen molar-refractivity contribution in [3.05, 3.63) is 48.0 Å². The van der Waals surface area contributed by atoms with Gasteiger partial charge in [-0.1, -0.05) is 63.3 Å². The molecule has 0 bridgehead atoms. The van der Waals surface area contributed by atoms with Crippen LogP contribution in [0.3, 0.4) is 0 Å². The smallest absolute Gasteiger partial charge is 0.407 e. The van der Waals surface area contributed by atoms with E-state index in [0.717, 1.165) is 5.56 Å². The van der Waals surface area contributed by atoms with Gasteiger partial charge in [-0.3, -0.25) is 4.79 Å². The highest BCUT2D eigenvalue weighted by Gasteiger charge is 2.40. The zero-order valence-corrected chi connectivity index (χ0v) is 22.6. The zero-order chi connectivity index (χ0) is 25.3. The standard InChI is InChI=1S/C26H43NO5Si/c1-25(2,3)31-24(30)27-21(19-20-15-11-9-12-16-20)22(17-13-10-14-18-23(28)29)32-33(7,8)26(4,5)6/h9,11-13,15-17,21-22H,10,14,18-19H2,1-8H3,(H,27,30)(H,28,29)/t21-,22+/m0/s1. The van der Waals surface area contributed by atoms with Crippen LogP contribution >= 0.6 is 0 Å². The molecular formula is C26H43NO5Si. The maximum Gasteiger partial charge on any atom is 0.407 e. The number of carboxylic acid groups (broad SMARTS) is 1. The van der Waals surface area contributed by atoms with Crippen molar-refractivity contribution in [3.8, 4) is 0 Å². The summed E-state index contributed by atoms with van der Waals surface area (Å²) in [6.45, 7) is 16.4. The van der Waals surface area contributed by atoms with Gasteiger partial charge in [0.1, 0.15) is 5.60 Å². The van der Waals surface area contributed by atoms with Gasteiger partial charge in [-0.05, 0) is 63.7 Å². The van der Waals surface area contributed by atoms with Crippen molar-refractivity contribution in [2.75, 3.05) is 0 Å². The topological polar surface area (TPSA) is 84.9 Å². The fourth-order valence-corrected chi connectivity index (χ4v) is 4.23. The van der Waals surface area contributed by atoms with E-state index in [-0.39, 0.29) is 23.6 Å². The van der Waals surface area contributed by atoms with Gasteiger partial charge in [-0.25, -0.2) is 4.79 Å². The lowest BCUT2D eigenvalue weighted by molar-refractivity contribution is -0.137. The normalized spacial score (nSPS) is 14.7. The lowest BCUT2D eigenvalue weighted by Crippen LogP contribution is -2.52. The van der Waals surface area contributed by atoms with E-state index in [9.17, 15) is 9.59 Å². The van der Waals surface area contributed by atoms with Gasteiger partial charge in [0, 0.05) is 6.42 Å². The third kappa shape index (κ3) is 11.5. The van der Waals surface area contributed by atoms with E-state index in [1.165, 1.54) is 0 Å². The summed E-state index contributed by atoms with van der Waals surface area (Å²) in [6, 6.07) is 9.64. The molecule has 1 aromatic rings. The number of carboxylic acids is 1. The first-order chi connectivity index (χ1) is 15.1. The minimum Gasteiger partial charge on any atom is -0.481 e. The molecule has 0 heterocycles. The maximum atomic E-state index is 12.7. The molecule has 7 heteroatoms. The molecule has 186 valence electrons. The van der Waals surface area contributed by atoms with Crippen molar-refractivity contribution in [2.45, 2.75) is 103 Å². The molecule has 1 rings (SSSR count). The molecule has 0 aliphatic rings. The van der Waals surface area contributed by atoms with Gasteiger partial charge in [0.2, 0.25) is 0 Å². The molecule has 0 aromatic heterocycles. The number of benzene rings is 1. The average Bonchev–Trinajstić information content (AvgIpc) is 2.64. The molecule has 1 amide bonds. The number of carbonyl (C=O) groups is 2. The van der Waals surface area contributed by atoms with Crippen LogP contribution in [0, 0.1) is 0 Å². The Hall–Kier alpha value is -2.12. The molecule has 0 saturated heterocycles. The lowest BCUT2D eigenvalue weighted by atomic mass is 10.0. The summed E-state index contributed by atoms with van der Waals surface area (Å²) in [4.78, 5) is 23.5. The van der Waals surface area contributed by atoms with Gasteiger partial charge in [0.05, 0.1) is 12.1 Å². The van der Waals surface area contributed by atoms with Crippen LogP contribution in [0.4, 0.5) is 4.79 Å². The summed E-state index contributed by atoms with van der Waals surface area (Å²) >= 11 is 0. The second kappa shape index (κ2) is 12.4. The second-order valence-corrected chi connectivity index (χ2v) is 15.8. The minimum absolute atomic E-state index is 0.00832. The highest BCUT2D eigenvalue weighted by atomic mass is 28.4. The first-order valence-electron chi connectivity index (χ1n) is 11.7. The Labute approximate surface area is 200 Å². The first-order valence-corrected chi connectivity index (χ1v) is 14.6. The molecule has 6 nitrogen and oxygen atoms in total. The number of alkyl carbamates (subject to hydrolysis) is 1. The van der Waals surface area contributed by atoms with Crippen LogP contribution in [0.5, 0.6) is 0 Å². The Balaban J connectivity index is 3.21. The molecule has 33 heavy (non-hydrogen) atoms. The van der Waals surface area contributed by atoms with Crippen LogP contribution in [0.1, 0.15) is 66.4 Å². The van der Waals surface area contributed by atoms with Crippen LogP contribution in [0.25, 0.3) is 0 Å². The molecule has 2 N–H and O–H groups in total. The molecular weight excluding hydrogens is 434 g/mol. The Bertz CT molecular complexity index is 778. The molecule has 0 aliphatic heterocycles. The number of aliphatic carboxylic acids is 1. The fraction of sp³-hybridized carbons (Fsp3) is 0.615. The van der Waals surface area contributed by atoms with Crippen LogP contribution in [0.2, 0.25) is 18.1 Å². The van der Waals surface area contributed by atoms with Crippen molar-refractivity contribution in [1.29, 1.82) is 0 Å². The van der Waals surface area contributed by atoms with Crippen molar-refractivity contribution < 1.29 is 23.9 Å². The van der Waals surface area contributed by atoms with Gasteiger partial charge in [0.15, 0.2) is 8.32 Å². The third-order valence-corrected chi connectivity index (χ3v) is 10.2. The van der Waals surface area contributed by atoms with Crippen LogP contribution in [-0.4, -0.2) is 43.2 Å². The molecule has 0 radical (unpaired) electrons. The number of unbranched alkanes of at least 4 members (excludes halogenated alkanes) is 1. The van der Waals surface area contributed by atoms with Crippen molar-refractivity contribution >= 4 is 20.4 Å². The summed E-state index contributed by atoms with van der Waals surface area (Å²) in [5.74, 6) is -0.800. The van der Waals surface area contributed by atoms with Crippen LogP contribution < -0.4 is 5.32 Å². The SMILES string of the molecule is CC(C)(C)OC(=O)N[C@@H](Cc1ccccc1)[C@@H](C=CCCCC(=O)O)O[Si](C)(C)C(C)(C)C. The lowest BCUT2D eigenvalue weighted by Gasteiger charge is -2.41. The number of carbonyl (C=O) groups excluding carboxylic acids is 1. The van der Waals surface area contributed by atoms with Crippen molar-refractivity contribution in [1.82, 2.24) is 5.32 Å². The van der Waals surface area contributed by atoms with Gasteiger partial charge in [0.25, 0.3) is 0 Å². The van der Waals surface area contributed by atoms with E-state index in [4.69, 9.17) is 14.3 Å². The quantitative estimate of drug-likeness (QED) is 0.221. The Morgan fingerprint density at radius 2 is 1.70 bits per heavy atom. The number of hydrogen-bond donors (Lipinski definition) is 2. The summed E-state index contributed by atoms with van der Waals surface area (Å²) < 4.78 is 12.3. The molecule has 0 fully saturated rings. The van der Waals surface area contributed by atoms with Gasteiger partial charge in [-0.15, -0.1) is 0 Å². The van der Waals surface area contributed by atoms with E-state index in [0.29, 0.717) is 19.3 Å². The number of amides is 1. The number of hydrogen-bond acceptors (Lipinski definition) is 4. The van der Waals surface area contributed by atoms with Crippen molar-refractivity contribution in [3.63, 3.8) is 0 Å². The molecule has 2 atom stereocenters. The number of rotatable bonds is 11. The predicted octanol–water partition coefficient (Wildman–Crippen LogP) is 6.32. The summed E-state index contributed by atoms with van der Waals surface area (Å²) in [7, 11) is -2.17. The highest BCUT2D eigenvalue weighted by molar-refractivity contribution is 6.74. The summed E-state index contributed by atoms with van der Waals surface area (Å²) in [5, 5.41) is 11.9. The predicted molar refractivity (Wildman–Crippen MR) is 136 cm³/mol. The van der Waals surface area contributed by atoms with Crippen LogP contribution in [-0.2, 0) is 20.4 Å². The second-order valence-electron chi connectivity index (χ2n) is 11.0. The van der Waals surface area contributed by atoms with E-state index in [1.54, 1.807) is 0 Å². The average molecular weight is 478 g/mol. The van der Waals surface area contributed by atoms with Crippen molar-refractivity contribution in [2.24, 2.45) is 0 Å². The van der Waals surface area contributed by atoms with E-state index < -0.39 is 26.0 Å². The third-order valence-electron chi connectivity index (χ3n) is 5.72. The molecule has 0 unspecified atom stereocenters. The van der Waals surface area contributed by atoms with Gasteiger partial charge in [-0.2, -0.15) is 0 Å². The minimum atomic E-state index is -2.17. The highest BCUT2D eigenvalue weighted by Crippen LogP contribution is 2.38. The maximum absolute atomic E-state index is 12.7. The summed E-state index contributed by atoms with van der Waals surface area (Å²) in [5.41, 5.74) is 0.478. The van der Waals surface area contributed by atoms with Crippen LogP contribution in [0.15, 0.2) is 42.5 Å². The number of ether oxygens (including phenoxy) is 1. The van der Waals surface area contributed by atoms with E-state index in [1.807, 2.05) is 63.3 Å². The molecule has 0 aliphatic carbocycles. The molecule has 0 spiro atoms. The zero-order valence-electron chi connectivity index (χ0n) is 21.6. The van der Waals surface area contributed by atoms with Gasteiger partial charge < -0.3 is 19.6 Å². The van der Waals surface area contributed by atoms with Gasteiger partial charge >= 0.3 is 12.1 Å². The Morgan fingerprint density at radius 1 is 1.09 bits per heavy atom. The van der Waals surface area contributed by atoms with E-state index >= 15 is 0 Å². The first kappa shape index (κ1) is 28.9. The number of allylic oxidation sites excluding steroid dienone is 1. The Morgan fingerprint density at radius 3 is 2.21 bits per heavy atom. The molecule has 1 aromatic carbocycles. The number of nitrogens with one attached hydrogen (secondary N) is 1. The molecule has 0 saturated carbocycles. The largest absolute Gasteiger partial charge is 0.481 e. The Kier molecular flexibility index (Phi) is 10.8.